The third kappa shape index (κ3) is 2.90. The zero-order valence-corrected chi connectivity index (χ0v) is 14.4. The summed E-state index contributed by atoms with van der Waals surface area (Å²) < 4.78 is 6.06. The average molecular weight is 393 g/mol. The second-order valence-corrected chi connectivity index (χ2v) is 6.13. The molecule has 1 aromatic heterocycles. The van der Waals surface area contributed by atoms with Crippen LogP contribution in [0.5, 0.6) is 5.75 Å². The Balaban J connectivity index is 2.37. The average Bonchev–Trinajstić information content (AvgIpc) is 2.54. The maximum atomic E-state index is 11.6. The van der Waals surface area contributed by atoms with Crippen LogP contribution in [0.4, 0.5) is 0 Å². The number of pyridine rings is 1. The van der Waals surface area contributed by atoms with E-state index < -0.39 is 5.97 Å². The van der Waals surface area contributed by atoms with Gasteiger partial charge in [0.2, 0.25) is 0 Å². The summed E-state index contributed by atoms with van der Waals surface area (Å²) in [6.07, 6.45) is 0. The van der Waals surface area contributed by atoms with Crippen molar-refractivity contribution in [2.75, 3.05) is 7.11 Å². The molecule has 116 valence electrons. The number of carboxylic acid groups (broad SMARTS) is 1. The molecule has 3 aromatic rings. The maximum absolute atomic E-state index is 11.6. The number of carbonyl (C=O) groups is 1. The Morgan fingerprint density at radius 3 is 2.74 bits per heavy atom. The van der Waals surface area contributed by atoms with Gasteiger partial charge in [-0.2, -0.15) is 0 Å². The quantitative estimate of drug-likeness (QED) is 0.679. The highest BCUT2D eigenvalue weighted by atomic mass is 79.9. The van der Waals surface area contributed by atoms with Crippen LogP contribution >= 0.6 is 27.5 Å². The number of hydrogen-bond acceptors (Lipinski definition) is 3. The van der Waals surface area contributed by atoms with Crippen LogP contribution in [-0.2, 0) is 0 Å². The summed E-state index contributed by atoms with van der Waals surface area (Å²) in [6.45, 7) is 0. The predicted octanol–water partition coefficient (Wildman–Crippen LogP) is 5.02. The predicted molar refractivity (Wildman–Crippen MR) is 93.4 cm³/mol. The summed E-state index contributed by atoms with van der Waals surface area (Å²) in [7, 11) is 1.54. The molecule has 0 aliphatic carbocycles. The molecule has 1 N–H and O–H groups in total. The molecular weight excluding hydrogens is 382 g/mol. The first-order valence-electron chi connectivity index (χ1n) is 6.67. The maximum Gasteiger partial charge on any atom is 0.336 e. The van der Waals surface area contributed by atoms with Crippen LogP contribution in [-0.4, -0.2) is 23.2 Å². The number of nitrogens with zero attached hydrogens (tertiary/aromatic N) is 1. The van der Waals surface area contributed by atoms with E-state index in [1.807, 2.05) is 6.07 Å². The first-order valence-corrected chi connectivity index (χ1v) is 7.85. The van der Waals surface area contributed by atoms with Gasteiger partial charge in [0.25, 0.3) is 0 Å². The summed E-state index contributed by atoms with van der Waals surface area (Å²) in [5, 5.41) is 10.6. The molecule has 3 rings (SSSR count). The minimum atomic E-state index is -1.02. The number of hydrogen-bond donors (Lipinski definition) is 1. The van der Waals surface area contributed by atoms with Gasteiger partial charge in [-0.25, -0.2) is 9.78 Å². The second-order valence-electron chi connectivity index (χ2n) is 4.84. The smallest absolute Gasteiger partial charge is 0.336 e. The highest BCUT2D eigenvalue weighted by molar-refractivity contribution is 9.10. The molecule has 0 amide bonds. The van der Waals surface area contributed by atoms with Gasteiger partial charge in [0.15, 0.2) is 0 Å². The number of halogens is 2. The Kier molecular flexibility index (Phi) is 4.24. The van der Waals surface area contributed by atoms with Crippen molar-refractivity contribution >= 4 is 44.4 Å². The van der Waals surface area contributed by atoms with E-state index in [1.54, 1.807) is 37.4 Å². The Morgan fingerprint density at radius 2 is 2.04 bits per heavy atom. The molecule has 0 atom stereocenters. The number of benzene rings is 2. The van der Waals surface area contributed by atoms with E-state index in [0.29, 0.717) is 32.9 Å². The van der Waals surface area contributed by atoms with E-state index >= 15 is 0 Å². The van der Waals surface area contributed by atoms with Gasteiger partial charge in [-0.15, -0.1) is 0 Å². The van der Waals surface area contributed by atoms with E-state index in [1.165, 1.54) is 6.07 Å². The minimum absolute atomic E-state index is 0.174. The summed E-state index contributed by atoms with van der Waals surface area (Å²) >= 11 is 9.49. The van der Waals surface area contributed by atoms with E-state index in [9.17, 15) is 9.90 Å². The van der Waals surface area contributed by atoms with Crippen LogP contribution in [0.1, 0.15) is 10.4 Å². The fourth-order valence-electron chi connectivity index (χ4n) is 2.41. The molecule has 1 heterocycles. The second kappa shape index (κ2) is 6.18. The number of aromatic nitrogens is 1. The summed E-state index contributed by atoms with van der Waals surface area (Å²) in [5.74, 6) is -0.442. The van der Waals surface area contributed by atoms with Gasteiger partial charge in [-0.05, 0) is 46.3 Å². The molecule has 0 saturated carbocycles. The van der Waals surface area contributed by atoms with E-state index in [4.69, 9.17) is 16.3 Å². The van der Waals surface area contributed by atoms with Crippen molar-refractivity contribution in [2.45, 2.75) is 0 Å². The molecule has 0 spiro atoms. The van der Waals surface area contributed by atoms with Crippen molar-refractivity contribution in [3.8, 4) is 17.0 Å². The molecule has 0 unspecified atom stereocenters. The van der Waals surface area contributed by atoms with Crippen LogP contribution in [0.15, 0.2) is 46.9 Å². The lowest BCUT2D eigenvalue weighted by molar-refractivity contribution is 0.0699. The molecule has 6 heteroatoms. The number of methoxy groups -OCH3 is 1. The van der Waals surface area contributed by atoms with Crippen molar-refractivity contribution in [1.82, 2.24) is 4.98 Å². The lowest BCUT2D eigenvalue weighted by Gasteiger charge is -2.11. The molecule has 0 radical (unpaired) electrons. The Morgan fingerprint density at radius 1 is 1.26 bits per heavy atom. The standard InChI is InChI=1S/C17H11BrClNO3/c1-23-15-6-5-9(19)7-12(15)14-8-11(17(21)22)10-3-2-4-13(18)16(10)20-14/h2-8H,1H3,(H,21,22). The van der Waals surface area contributed by atoms with E-state index in [2.05, 4.69) is 20.9 Å². The Labute approximate surface area is 145 Å². The van der Waals surface area contributed by atoms with Crippen LogP contribution in [0, 0.1) is 0 Å². The number of aromatic carboxylic acids is 1. The van der Waals surface area contributed by atoms with Gasteiger partial charge in [-0.1, -0.05) is 23.7 Å². The fourth-order valence-corrected chi connectivity index (χ4v) is 3.04. The minimum Gasteiger partial charge on any atom is -0.496 e. The highest BCUT2D eigenvalue weighted by Crippen LogP contribution is 2.35. The van der Waals surface area contributed by atoms with Crippen molar-refractivity contribution in [2.24, 2.45) is 0 Å². The van der Waals surface area contributed by atoms with Crippen molar-refractivity contribution < 1.29 is 14.6 Å². The number of ether oxygens (including phenoxy) is 1. The lowest BCUT2D eigenvalue weighted by Crippen LogP contribution is -2.01. The van der Waals surface area contributed by atoms with Gasteiger partial charge < -0.3 is 9.84 Å². The number of rotatable bonds is 3. The zero-order chi connectivity index (χ0) is 16.6. The van der Waals surface area contributed by atoms with Gasteiger partial charge in [0, 0.05) is 20.4 Å². The first-order chi connectivity index (χ1) is 11.0. The zero-order valence-electron chi connectivity index (χ0n) is 12.0. The Hall–Kier alpha value is -2.11. The van der Waals surface area contributed by atoms with Gasteiger partial charge in [0.05, 0.1) is 23.9 Å². The Bertz CT molecular complexity index is 927. The monoisotopic (exact) mass is 391 g/mol. The normalized spacial score (nSPS) is 10.7. The topological polar surface area (TPSA) is 59.4 Å². The summed E-state index contributed by atoms with van der Waals surface area (Å²) in [5.41, 5.74) is 1.87. The fraction of sp³-hybridized carbons (Fsp3) is 0.0588. The molecule has 0 aliphatic heterocycles. The number of fused-ring (bicyclic) bond motifs is 1. The third-order valence-corrected chi connectivity index (χ3v) is 4.33. The SMILES string of the molecule is COc1ccc(Cl)cc1-c1cc(C(=O)O)c2cccc(Br)c2n1. The largest absolute Gasteiger partial charge is 0.496 e. The number of para-hydroxylation sites is 1. The molecule has 0 fully saturated rings. The van der Waals surface area contributed by atoms with Crippen molar-refractivity contribution in [3.05, 3.63) is 57.5 Å². The van der Waals surface area contributed by atoms with Crippen LogP contribution in [0.3, 0.4) is 0 Å². The van der Waals surface area contributed by atoms with Crippen LogP contribution in [0.25, 0.3) is 22.2 Å². The van der Waals surface area contributed by atoms with Crippen LogP contribution in [0.2, 0.25) is 5.02 Å². The van der Waals surface area contributed by atoms with Crippen LogP contribution < -0.4 is 4.74 Å². The third-order valence-electron chi connectivity index (χ3n) is 3.46. The van der Waals surface area contributed by atoms with E-state index in [-0.39, 0.29) is 5.56 Å². The van der Waals surface area contributed by atoms with Gasteiger partial charge in [0.1, 0.15) is 5.75 Å². The molecule has 0 bridgehead atoms. The van der Waals surface area contributed by atoms with Gasteiger partial charge >= 0.3 is 5.97 Å². The molecule has 4 nitrogen and oxygen atoms in total. The molecular formula is C17H11BrClNO3. The number of carboxylic acids is 1. The molecule has 2 aromatic carbocycles. The van der Waals surface area contributed by atoms with Gasteiger partial charge in [-0.3, -0.25) is 0 Å². The first kappa shape index (κ1) is 15.8. The summed E-state index contributed by atoms with van der Waals surface area (Å²) in [6, 6.07) is 12.0. The lowest BCUT2D eigenvalue weighted by atomic mass is 10.0. The van der Waals surface area contributed by atoms with Crippen molar-refractivity contribution in [3.63, 3.8) is 0 Å². The van der Waals surface area contributed by atoms with E-state index in [0.717, 1.165) is 4.47 Å². The summed E-state index contributed by atoms with van der Waals surface area (Å²) in [4.78, 5) is 16.2. The molecule has 23 heavy (non-hydrogen) atoms. The highest BCUT2D eigenvalue weighted by Gasteiger charge is 2.16. The molecule has 0 aliphatic rings. The van der Waals surface area contributed by atoms with Crippen molar-refractivity contribution in [1.29, 1.82) is 0 Å². The molecule has 0 saturated heterocycles.